The minimum atomic E-state index is -0.691. The van der Waals surface area contributed by atoms with Crippen LogP contribution in [0.15, 0.2) is 65.5 Å². The Morgan fingerprint density at radius 3 is 2.48 bits per heavy atom. The molecule has 1 aliphatic rings. The minimum absolute atomic E-state index is 0.0378. The summed E-state index contributed by atoms with van der Waals surface area (Å²) < 4.78 is 5.17. The Hall–Kier alpha value is -3.41. The number of hydrogen-bond acceptors (Lipinski definition) is 4. The maximum atomic E-state index is 12.5. The number of rotatable bonds is 6. The van der Waals surface area contributed by atoms with Gasteiger partial charge in [0.1, 0.15) is 0 Å². The molecule has 29 heavy (non-hydrogen) atoms. The van der Waals surface area contributed by atoms with Crippen LogP contribution in [0.3, 0.4) is 0 Å². The maximum Gasteiger partial charge on any atom is 0.339 e. The smallest absolute Gasteiger partial charge is 0.339 e. The van der Waals surface area contributed by atoms with E-state index in [1.165, 1.54) is 11.6 Å². The molecule has 3 aromatic rings. The molecule has 0 unspecified atom stereocenters. The lowest BCUT2D eigenvalue weighted by molar-refractivity contribution is -0.124. The van der Waals surface area contributed by atoms with Gasteiger partial charge in [0, 0.05) is 28.9 Å². The van der Waals surface area contributed by atoms with Gasteiger partial charge in [-0.25, -0.2) is 4.79 Å². The Morgan fingerprint density at radius 2 is 1.76 bits per heavy atom. The van der Waals surface area contributed by atoms with Crippen molar-refractivity contribution in [2.75, 3.05) is 13.2 Å². The molecule has 1 aromatic heterocycles. The summed E-state index contributed by atoms with van der Waals surface area (Å²) in [5, 5.41) is 3.47. The molecule has 6 nitrogen and oxygen atoms in total. The Balaban J connectivity index is 1.38. The first-order valence-corrected chi connectivity index (χ1v) is 9.69. The van der Waals surface area contributed by atoms with E-state index >= 15 is 0 Å². The predicted molar refractivity (Wildman–Crippen MR) is 110 cm³/mol. The molecule has 0 radical (unpaired) electrons. The fourth-order valence-electron chi connectivity index (χ4n) is 3.86. The van der Waals surface area contributed by atoms with Crippen molar-refractivity contribution >= 4 is 22.8 Å². The van der Waals surface area contributed by atoms with Crippen molar-refractivity contribution in [2.45, 2.75) is 24.7 Å². The molecule has 1 saturated carbocycles. The average molecular weight is 390 g/mol. The van der Waals surface area contributed by atoms with Crippen molar-refractivity contribution in [1.82, 2.24) is 10.3 Å². The summed E-state index contributed by atoms with van der Waals surface area (Å²) in [5.41, 5.74) is 1.49. The number of nitrogens with one attached hydrogen (secondary N) is 2. The van der Waals surface area contributed by atoms with E-state index in [1.807, 2.05) is 18.2 Å². The van der Waals surface area contributed by atoms with Crippen LogP contribution in [0, 0.1) is 0 Å². The average Bonchev–Trinajstić information content (AvgIpc) is 2.71. The van der Waals surface area contributed by atoms with Gasteiger partial charge in [-0.3, -0.25) is 9.59 Å². The molecule has 4 rings (SSSR count). The van der Waals surface area contributed by atoms with Crippen LogP contribution in [0.4, 0.5) is 0 Å². The van der Waals surface area contributed by atoms with Crippen molar-refractivity contribution in [3.8, 4) is 0 Å². The molecular formula is C23H22N2O4. The molecule has 148 valence electrons. The Bertz CT molecular complexity index is 1100. The quantitative estimate of drug-likeness (QED) is 0.634. The van der Waals surface area contributed by atoms with Gasteiger partial charge < -0.3 is 15.0 Å². The Labute approximate surface area is 167 Å². The van der Waals surface area contributed by atoms with Crippen molar-refractivity contribution in [2.24, 2.45) is 0 Å². The van der Waals surface area contributed by atoms with E-state index in [2.05, 4.69) is 22.4 Å². The fraction of sp³-hybridized carbons (Fsp3) is 0.261. The number of esters is 1. The van der Waals surface area contributed by atoms with Gasteiger partial charge in [-0.1, -0.05) is 55.0 Å². The van der Waals surface area contributed by atoms with Gasteiger partial charge >= 0.3 is 5.97 Å². The van der Waals surface area contributed by atoms with E-state index in [1.54, 1.807) is 24.3 Å². The molecule has 1 aliphatic carbocycles. The lowest BCUT2D eigenvalue weighted by atomic mass is 9.64. The van der Waals surface area contributed by atoms with E-state index in [0.717, 1.165) is 19.3 Å². The van der Waals surface area contributed by atoms with E-state index in [4.69, 9.17) is 4.74 Å². The summed E-state index contributed by atoms with van der Waals surface area (Å²) in [6.45, 7) is 0.131. The molecule has 0 spiro atoms. The number of para-hydroxylation sites is 1. The summed E-state index contributed by atoms with van der Waals surface area (Å²) in [5.74, 6) is -1.04. The highest BCUT2D eigenvalue weighted by molar-refractivity contribution is 6.03. The molecule has 0 saturated heterocycles. The van der Waals surface area contributed by atoms with Crippen molar-refractivity contribution in [1.29, 1.82) is 0 Å². The first kappa shape index (κ1) is 18.9. The maximum absolute atomic E-state index is 12.5. The highest BCUT2D eigenvalue weighted by Gasteiger charge is 2.38. The second-order valence-electron chi connectivity index (χ2n) is 7.45. The van der Waals surface area contributed by atoms with Gasteiger partial charge in [0.05, 0.1) is 5.56 Å². The van der Waals surface area contributed by atoms with E-state index in [9.17, 15) is 14.4 Å². The number of carbonyl (C=O) groups excluding carboxylic acids is 2. The zero-order valence-electron chi connectivity index (χ0n) is 15.9. The monoisotopic (exact) mass is 390 g/mol. The molecule has 0 aliphatic heterocycles. The molecule has 1 heterocycles. The molecular weight excluding hydrogens is 368 g/mol. The van der Waals surface area contributed by atoms with Gasteiger partial charge in [0.25, 0.3) is 5.91 Å². The van der Waals surface area contributed by atoms with Crippen LogP contribution in [-0.2, 0) is 14.9 Å². The van der Waals surface area contributed by atoms with Crippen LogP contribution in [-0.4, -0.2) is 30.0 Å². The van der Waals surface area contributed by atoms with Crippen LogP contribution >= 0.6 is 0 Å². The predicted octanol–water partition coefficient (Wildman–Crippen LogP) is 2.92. The number of carbonyl (C=O) groups is 2. The van der Waals surface area contributed by atoms with Crippen LogP contribution in [0.5, 0.6) is 0 Å². The third kappa shape index (κ3) is 3.92. The summed E-state index contributed by atoms with van der Waals surface area (Å²) >= 11 is 0. The topological polar surface area (TPSA) is 88.3 Å². The number of ether oxygens (including phenoxy) is 1. The number of amides is 1. The van der Waals surface area contributed by atoms with Crippen LogP contribution in [0.25, 0.3) is 10.9 Å². The molecule has 2 aromatic carbocycles. The largest absolute Gasteiger partial charge is 0.452 e. The third-order valence-electron chi connectivity index (χ3n) is 5.63. The van der Waals surface area contributed by atoms with Gasteiger partial charge in [0.2, 0.25) is 5.56 Å². The highest BCUT2D eigenvalue weighted by Crippen LogP contribution is 2.43. The van der Waals surface area contributed by atoms with Crippen molar-refractivity contribution in [3.05, 3.63) is 82.1 Å². The molecule has 0 bridgehead atoms. The number of aromatic nitrogens is 1. The SMILES string of the molecule is O=C(COC(=O)c1cc(=O)[nH]c2ccccc12)NCC1(c2ccccc2)CCC1. The summed E-state index contributed by atoms with van der Waals surface area (Å²) in [6.07, 6.45) is 3.18. The number of H-pyrrole nitrogens is 1. The number of pyridine rings is 1. The van der Waals surface area contributed by atoms with Crippen LogP contribution in [0.1, 0.15) is 35.2 Å². The van der Waals surface area contributed by atoms with Gasteiger partial charge in [-0.05, 0) is 24.5 Å². The van der Waals surface area contributed by atoms with Crippen molar-refractivity contribution < 1.29 is 14.3 Å². The van der Waals surface area contributed by atoms with Crippen LogP contribution in [0.2, 0.25) is 0 Å². The van der Waals surface area contributed by atoms with Gasteiger partial charge in [-0.15, -0.1) is 0 Å². The molecule has 1 amide bonds. The lowest BCUT2D eigenvalue weighted by Crippen LogP contribution is -2.46. The number of hydrogen-bond donors (Lipinski definition) is 2. The molecule has 1 fully saturated rings. The van der Waals surface area contributed by atoms with E-state index in [0.29, 0.717) is 17.4 Å². The summed E-state index contributed by atoms with van der Waals surface area (Å²) in [7, 11) is 0. The number of benzene rings is 2. The van der Waals surface area contributed by atoms with E-state index < -0.39 is 11.5 Å². The fourth-order valence-corrected chi connectivity index (χ4v) is 3.86. The van der Waals surface area contributed by atoms with Gasteiger partial charge in [-0.2, -0.15) is 0 Å². The van der Waals surface area contributed by atoms with E-state index in [-0.39, 0.29) is 23.5 Å². The standard InChI is InChI=1S/C23H22N2O4/c26-20-13-18(17-9-4-5-10-19(17)25-20)22(28)29-14-21(27)24-15-23(11-6-12-23)16-7-2-1-3-8-16/h1-5,7-10,13H,6,11-12,14-15H2,(H,24,27)(H,25,26). The second-order valence-corrected chi connectivity index (χ2v) is 7.45. The minimum Gasteiger partial charge on any atom is -0.452 e. The second kappa shape index (κ2) is 7.91. The first-order chi connectivity index (χ1) is 14.1. The summed E-state index contributed by atoms with van der Waals surface area (Å²) in [6, 6.07) is 18.3. The van der Waals surface area contributed by atoms with Gasteiger partial charge in [0.15, 0.2) is 6.61 Å². The Morgan fingerprint density at radius 1 is 1.03 bits per heavy atom. The summed E-state index contributed by atoms with van der Waals surface area (Å²) in [4.78, 5) is 39.2. The highest BCUT2D eigenvalue weighted by atomic mass is 16.5. The number of aromatic amines is 1. The zero-order chi connectivity index (χ0) is 20.3. The molecule has 6 heteroatoms. The molecule has 0 atom stereocenters. The van der Waals surface area contributed by atoms with Crippen molar-refractivity contribution in [3.63, 3.8) is 0 Å². The lowest BCUT2D eigenvalue weighted by Gasteiger charge is -2.42. The zero-order valence-corrected chi connectivity index (χ0v) is 15.9. The Kier molecular flexibility index (Phi) is 5.16. The number of fused-ring (bicyclic) bond motifs is 1. The van der Waals surface area contributed by atoms with Crippen LogP contribution < -0.4 is 10.9 Å². The third-order valence-corrected chi connectivity index (χ3v) is 5.63. The molecule has 2 N–H and O–H groups in total. The normalized spacial score (nSPS) is 14.8. The first-order valence-electron chi connectivity index (χ1n) is 9.69.